The van der Waals surface area contributed by atoms with Crippen molar-refractivity contribution in [2.45, 2.75) is 33.1 Å². The van der Waals surface area contributed by atoms with Gasteiger partial charge in [0.2, 0.25) is 0 Å². The molecule has 0 saturated heterocycles. The Hall–Kier alpha value is -1.95. The van der Waals surface area contributed by atoms with E-state index in [0.29, 0.717) is 17.8 Å². The summed E-state index contributed by atoms with van der Waals surface area (Å²) in [4.78, 5) is 4.78. The maximum absolute atomic E-state index is 5.56. The summed E-state index contributed by atoms with van der Waals surface area (Å²) in [5.41, 5.74) is 1.25. The predicted octanol–water partition coefficient (Wildman–Crippen LogP) is 3.29. The maximum Gasteiger partial charge on any atom is 0.195 e. The summed E-state index contributed by atoms with van der Waals surface area (Å²) in [6.07, 6.45) is 3.54. The third-order valence-corrected chi connectivity index (χ3v) is 4.44. The predicted molar refractivity (Wildman–Crippen MR) is 102 cm³/mol. The van der Waals surface area contributed by atoms with E-state index in [-0.39, 0.29) is 0 Å². The number of anilines is 1. The Balaban J connectivity index is 2.04. The quantitative estimate of drug-likeness (QED) is 0.501. The van der Waals surface area contributed by atoms with Crippen molar-refractivity contribution in [3.63, 3.8) is 0 Å². The summed E-state index contributed by atoms with van der Waals surface area (Å²) in [6.45, 7) is 7.06. The number of guanidine groups is 1. The van der Waals surface area contributed by atoms with Crippen LogP contribution in [0.15, 0.2) is 23.2 Å². The van der Waals surface area contributed by atoms with E-state index < -0.39 is 0 Å². The van der Waals surface area contributed by atoms with Crippen molar-refractivity contribution < 1.29 is 14.2 Å². The van der Waals surface area contributed by atoms with Crippen LogP contribution < -0.4 is 20.1 Å². The van der Waals surface area contributed by atoms with Crippen molar-refractivity contribution >= 4 is 11.6 Å². The summed E-state index contributed by atoms with van der Waals surface area (Å²) in [5.74, 6) is 2.24. The van der Waals surface area contributed by atoms with E-state index in [1.807, 2.05) is 25.1 Å². The number of methoxy groups -OCH3 is 2. The van der Waals surface area contributed by atoms with Crippen LogP contribution in [-0.2, 0) is 4.74 Å². The molecule has 0 atom stereocenters. The third-order valence-electron chi connectivity index (χ3n) is 4.44. The highest BCUT2D eigenvalue weighted by molar-refractivity contribution is 5.94. The smallest absolute Gasteiger partial charge is 0.195 e. The molecular weight excluding hydrogens is 318 g/mol. The fourth-order valence-electron chi connectivity index (χ4n) is 2.69. The van der Waals surface area contributed by atoms with Gasteiger partial charge in [-0.25, -0.2) is 0 Å². The van der Waals surface area contributed by atoms with Crippen molar-refractivity contribution in [2.75, 3.05) is 45.8 Å². The van der Waals surface area contributed by atoms with Crippen LogP contribution in [0.5, 0.6) is 11.5 Å². The topological polar surface area (TPSA) is 64.1 Å². The molecule has 1 aromatic carbocycles. The number of benzene rings is 1. The molecule has 0 aromatic heterocycles. The minimum atomic E-state index is 0.328. The third kappa shape index (κ3) is 5.81. The molecule has 1 aromatic rings. The first kappa shape index (κ1) is 19.4. The van der Waals surface area contributed by atoms with Crippen LogP contribution in [0.3, 0.4) is 0 Å². The molecule has 0 bridgehead atoms. The minimum Gasteiger partial charge on any atom is -0.493 e. The number of nitrogens with one attached hydrogen (secondary N) is 2. The van der Waals surface area contributed by atoms with Crippen LogP contribution in [0, 0.1) is 5.41 Å². The molecule has 0 radical (unpaired) electrons. The van der Waals surface area contributed by atoms with Crippen LogP contribution in [-0.4, -0.2) is 46.5 Å². The zero-order valence-corrected chi connectivity index (χ0v) is 15.9. The fraction of sp³-hybridized carbons (Fsp3) is 0.632. The Morgan fingerprint density at radius 1 is 1.20 bits per heavy atom. The van der Waals surface area contributed by atoms with Gasteiger partial charge in [-0.05, 0) is 50.7 Å². The second-order valence-corrected chi connectivity index (χ2v) is 6.36. The number of ether oxygens (including phenoxy) is 3. The van der Waals surface area contributed by atoms with Crippen LogP contribution in [0.1, 0.15) is 33.1 Å². The molecule has 1 fully saturated rings. The van der Waals surface area contributed by atoms with Gasteiger partial charge in [-0.1, -0.05) is 0 Å². The second-order valence-electron chi connectivity index (χ2n) is 6.36. The van der Waals surface area contributed by atoms with Crippen LogP contribution in [0.4, 0.5) is 5.69 Å². The summed E-state index contributed by atoms with van der Waals surface area (Å²) in [6, 6.07) is 5.81. The van der Waals surface area contributed by atoms with Gasteiger partial charge >= 0.3 is 0 Å². The summed E-state index contributed by atoms with van der Waals surface area (Å²) >= 11 is 0. The summed E-state index contributed by atoms with van der Waals surface area (Å²) in [7, 11) is 3.40. The lowest BCUT2D eigenvalue weighted by molar-refractivity contribution is 0.174. The highest BCUT2D eigenvalue weighted by atomic mass is 16.5. The van der Waals surface area contributed by atoms with E-state index in [1.54, 1.807) is 14.2 Å². The van der Waals surface area contributed by atoms with Gasteiger partial charge in [0.1, 0.15) is 0 Å². The fourth-order valence-corrected chi connectivity index (χ4v) is 2.69. The summed E-state index contributed by atoms with van der Waals surface area (Å²) < 4.78 is 16.2. The van der Waals surface area contributed by atoms with Gasteiger partial charge in [-0.15, -0.1) is 0 Å². The first-order valence-corrected chi connectivity index (χ1v) is 9.01. The average molecular weight is 349 g/mol. The zero-order valence-electron chi connectivity index (χ0n) is 15.9. The van der Waals surface area contributed by atoms with E-state index in [0.717, 1.165) is 43.5 Å². The van der Waals surface area contributed by atoms with Gasteiger partial charge in [0, 0.05) is 38.6 Å². The Kier molecular flexibility index (Phi) is 7.37. The number of nitrogens with zero attached hydrogens (tertiary/aromatic N) is 1. The molecule has 0 aliphatic heterocycles. The average Bonchev–Trinajstić information content (AvgIpc) is 3.40. The van der Waals surface area contributed by atoms with Crippen LogP contribution in [0.2, 0.25) is 0 Å². The summed E-state index contributed by atoms with van der Waals surface area (Å²) in [5, 5.41) is 6.65. The largest absolute Gasteiger partial charge is 0.493 e. The highest BCUT2D eigenvalue weighted by Crippen LogP contribution is 2.49. The molecular formula is C19H31N3O3. The van der Waals surface area contributed by atoms with E-state index in [2.05, 4.69) is 17.6 Å². The maximum atomic E-state index is 5.56. The molecule has 0 spiro atoms. The van der Waals surface area contributed by atoms with Gasteiger partial charge in [-0.2, -0.15) is 0 Å². The SMILES string of the molecule is CCNC(=NCC1(CCOC)CC1)Nc1ccc(OCC)c(OC)c1. The first-order valence-electron chi connectivity index (χ1n) is 9.01. The van der Waals surface area contributed by atoms with Crippen molar-refractivity contribution in [3.8, 4) is 11.5 Å². The van der Waals surface area contributed by atoms with Crippen LogP contribution in [0.25, 0.3) is 0 Å². The van der Waals surface area contributed by atoms with Gasteiger partial charge in [-0.3, -0.25) is 4.99 Å². The molecule has 2 rings (SSSR count). The molecule has 0 unspecified atom stereocenters. The number of hydrogen-bond donors (Lipinski definition) is 2. The molecule has 1 aliphatic rings. The molecule has 1 saturated carbocycles. The zero-order chi connectivity index (χ0) is 18.1. The molecule has 0 heterocycles. The Morgan fingerprint density at radius 3 is 2.60 bits per heavy atom. The minimum absolute atomic E-state index is 0.328. The van der Waals surface area contributed by atoms with Gasteiger partial charge < -0.3 is 24.8 Å². The van der Waals surface area contributed by atoms with E-state index in [9.17, 15) is 0 Å². The molecule has 0 amide bonds. The molecule has 140 valence electrons. The molecule has 6 heteroatoms. The number of aliphatic imine (C=N–C) groups is 1. The molecule has 2 N–H and O–H groups in total. The Morgan fingerprint density at radius 2 is 2.00 bits per heavy atom. The van der Waals surface area contributed by atoms with Gasteiger partial charge in [0.05, 0.1) is 13.7 Å². The van der Waals surface area contributed by atoms with Crippen molar-refractivity contribution in [1.82, 2.24) is 5.32 Å². The van der Waals surface area contributed by atoms with E-state index in [1.165, 1.54) is 12.8 Å². The Labute approximate surface area is 151 Å². The number of rotatable bonds is 10. The van der Waals surface area contributed by atoms with Crippen molar-refractivity contribution in [3.05, 3.63) is 18.2 Å². The van der Waals surface area contributed by atoms with Crippen molar-refractivity contribution in [1.29, 1.82) is 0 Å². The van der Waals surface area contributed by atoms with Crippen molar-refractivity contribution in [2.24, 2.45) is 10.4 Å². The lowest BCUT2D eigenvalue weighted by Crippen LogP contribution is -2.31. The highest BCUT2D eigenvalue weighted by Gasteiger charge is 2.41. The first-order chi connectivity index (χ1) is 12.2. The molecule has 6 nitrogen and oxygen atoms in total. The van der Waals surface area contributed by atoms with Crippen LogP contribution >= 0.6 is 0 Å². The molecule has 25 heavy (non-hydrogen) atoms. The number of hydrogen-bond acceptors (Lipinski definition) is 4. The van der Waals surface area contributed by atoms with E-state index >= 15 is 0 Å². The lowest BCUT2D eigenvalue weighted by Gasteiger charge is -2.16. The molecule has 1 aliphatic carbocycles. The normalized spacial score (nSPS) is 15.6. The van der Waals surface area contributed by atoms with Gasteiger partial charge in [0.25, 0.3) is 0 Å². The van der Waals surface area contributed by atoms with E-state index in [4.69, 9.17) is 19.2 Å². The Bertz CT molecular complexity index is 571. The van der Waals surface area contributed by atoms with Gasteiger partial charge in [0.15, 0.2) is 17.5 Å². The lowest BCUT2D eigenvalue weighted by atomic mass is 10.0. The monoisotopic (exact) mass is 349 g/mol. The second kappa shape index (κ2) is 9.51. The standard InChI is InChI=1S/C19H31N3O3/c1-5-20-18(21-14-19(9-10-19)11-12-23-3)22-15-7-8-16(25-6-2)17(13-15)24-4/h7-8,13H,5-6,9-12,14H2,1-4H3,(H2,20,21,22).